The van der Waals surface area contributed by atoms with E-state index in [0.717, 1.165) is 43.8 Å². The first-order valence-corrected chi connectivity index (χ1v) is 11.3. The van der Waals surface area contributed by atoms with Gasteiger partial charge < -0.3 is 15.8 Å². The number of hydrogen-bond acceptors (Lipinski definition) is 6. The van der Waals surface area contributed by atoms with Gasteiger partial charge in [-0.05, 0) is 65.9 Å². The van der Waals surface area contributed by atoms with Crippen molar-refractivity contribution in [2.24, 2.45) is 0 Å². The number of ether oxygens (including phenoxy) is 1. The predicted octanol–water partition coefficient (Wildman–Crippen LogP) is 6.02. The maximum Gasteiger partial charge on any atom is 0.446 e. The maximum atomic E-state index is 10.4. The summed E-state index contributed by atoms with van der Waals surface area (Å²) >= 11 is 0. The number of pyridine rings is 2. The van der Waals surface area contributed by atoms with Crippen molar-refractivity contribution in [1.82, 2.24) is 9.97 Å². The third kappa shape index (κ3) is 13.6. The van der Waals surface area contributed by atoms with Gasteiger partial charge in [-0.2, -0.15) is 13.2 Å². The molecule has 0 bridgehead atoms. The number of halogens is 3. The van der Waals surface area contributed by atoms with Crippen LogP contribution in [0.5, 0.6) is 5.75 Å². The molecule has 0 saturated carbocycles. The minimum Gasteiger partial charge on any atom is -0.497 e. The highest BCUT2D eigenvalue weighted by molar-refractivity contribution is 5.56. The van der Waals surface area contributed by atoms with Crippen molar-refractivity contribution in [2.75, 3.05) is 18.2 Å². The number of anilines is 2. The van der Waals surface area contributed by atoms with Crippen molar-refractivity contribution in [3.8, 4) is 5.75 Å². The van der Waals surface area contributed by atoms with Crippen LogP contribution >= 0.6 is 0 Å². The Kier molecular flexibility index (Phi) is 13.5. The van der Waals surface area contributed by atoms with Crippen LogP contribution in [-0.2, 0) is 24.2 Å². The Morgan fingerprint density at radius 3 is 1.94 bits per heavy atom. The molecule has 0 radical (unpaired) electrons. The number of nitrogen functional groups attached to an aromatic ring is 1. The van der Waals surface area contributed by atoms with E-state index in [0.29, 0.717) is 5.82 Å². The number of alkyl halides is 3. The summed E-state index contributed by atoms with van der Waals surface area (Å²) in [6.45, 7) is 5.11. The van der Waals surface area contributed by atoms with Crippen LogP contribution in [-0.4, -0.2) is 29.5 Å². The lowest BCUT2D eigenvalue weighted by atomic mass is 10.1. The number of aromatic nitrogens is 2. The highest BCUT2D eigenvalue weighted by atomic mass is 19.4. The van der Waals surface area contributed by atoms with Crippen molar-refractivity contribution in [3.63, 3.8) is 0 Å². The Morgan fingerprint density at radius 2 is 1.46 bits per heavy atom. The Labute approximate surface area is 204 Å². The van der Waals surface area contributed by atoms with Gasteiger partial charge in [-0.25, -0.2) is 9.97 Å². The van der Waals surface area contributed by atoms with E-state index in [1.807, 2.05) is 30.5 Å². The topological polar surface area (TPSA) is 90.1 Å². The monoisotopic (exact) mass is 490 g/mol. The second-order valence-electron chi connectivity index (χ2n) is 7.50. The molecule has 0 fully saturated rings. The fourth-order valence-corrected chi connectivity index (χ4v) is 2.89. The Morgan fingerprint density at radius 1 is 0.914 bits per heavy atom. The van der Waals surface area contributed by atoms with Crippen molar-refractivity contribution in [1.29, 1.82) is 0 Å². The fraction of sp³-hybridized carbons (Fsp3) is 0.346. The van der Waals surface area contributed by atoms with Crippen molar-refractivity contribution in [2.45, 2.75) is 52.3 Å². The maximum absolute atomic E-state index is 10.4. The number of methoxy groups -OCH3 is 1. The zero-order valence-electron chi connectivity index (χ0n) is 20.3. The standard InChI is InChI=1S/C16H20N2O.C8H12N2.C2HF3O/c1-3-4-13-9-10-17-16(11-13)18-12-14-5-7-15(19-2)8-6-14;1-2-3-7-4-5-10-8(9)6-7;3-2(4,5)1-6/h5-11H,3-4,12H2,1-2H3,(H,17,18);4-6H,2-3H2,1H3,(H2,9,10);1H. The van der Waals surface area contributed by atoms with Crippen molar-refractivity contribution < 1.29 is 22.7 Å². The van der Waals surface area contributed by atoms with Gasteiger partial charge >= 0.3 is 6.18 Å². The van der Waals surface area contributed by atoms with Gasteiger partial charge in [0.1, 0.15) is 17.4 Å². The molecular weight excluding hydrogens is 457 g/mol. The second kappa shape index (κ2) is 16.1. The zero-order chi connectivity index (χ0) is 26.1. The minimum absolute atomic E-state index is 0.617. The van der Waals surface area contributed by atoms with Gasteiger partial charge in [-0.3, -0.25) is 4.79 Å². The Hall–Kier alpha value is -3.62. The van der Waals surface area contributed by atoms with Gasteiger partial charge in [0.15, 0.2) is 0 Å². The van der Waals surface area contributed by atoms with Crippen LogP contribution in [0.4, 0.5) is 24.8 Å². The van der Waals surface area contributed by atoms with E-state index >= 15 is 0 Å². The van der Waals surface area contributed by atoms with Crippen LogP contribution in [0.15, 0.2) is 60.9 Å². The second-order valence-corrected chi connectivity index (χ2v) is 7.50. The summed E-state index contributed by atoms with van der Waals surface area (Å²) in [7, 11) is 1.68. The van der Waals surface area contributed by atoms with Crippen LogP contribution in [0.25, 0.3) is 0 Å². The van der Waals surface area contributed by atoms with Crippen LogP contribution in [0.3, 0.4) is 0 Å². The van der Waals surface area contributed by atoms with E-state index in [-0.39, 0.29) is 0 Å². The summed E-state index contributed by atoms with van der Waals surface area (Å²) in [5, 5.41) is 3.35. The number of hydrogen-bond donors (Lipinski definition) is 2. The highest BCUT2D eigenvalue weighted by Crippen LogP contribution is 2.14. The molecule has 1 aromatic carbocycles. The molecule has 0 aliphatic heterocycles. The third-order valence-electron chi connectivity index (χ3n) is 4.51. The third-order valence-corrected chi connectivity index (χ3v) is 4.51. The quantitative estimate of drug-likeness (QED) is 0.375. The summed E-state index contributed by atoms with van der Waals surface area (Å²) in [5.41, 5.74) is 9.29. The predicted molar refractivity (Wildman–Crippen MR) is 133 cm³/mol. The molecule has 35 heavy (non-hydrogen) atoms. The molecule has 0 spiro atoms. The molecule has 0 saturated heterocycles. The van der Waals surface area contributed by atoms with Gasteiger partial charge in [0.05, 0.1) is 7.11 Å². The normalized spacial score (nSPS) is 10.2. The molecule has 3 aromatic rings. The van der Waals surface area contributed by atoms with Crippen molar-refractivity contribution in [3.05, 3.63) is 77.6 Å². The lowest BCUT2D eigenvalue weighted by Crippen LogP contribution is -2.07. The van der Waals surface area contributed by atoms with Crippen LogP contribution in [0, 0.1) is 0 Å². The lowest BCUT2D eigenvalue weighted by molar-refractivity contribution is -0.156. The number of nitrogens with two attached hydrogens (primary N) is 1. The molecule has 0 aliphatic carbocycles. The lowest BCUT2D eigenvalue weighted by Gasteiger charge is -2.08. The summed E-state index contributed by atoms with van der Waals surface area (Å²) in [6.07, 6.45) is 2.41. The highest BCUT2D eigenvalue weighted by Gasteiger charge is 2.24. The summed E-state index contributed by atoms with van der Waals surface area (Å²) in [5.74, 6) is 2.43. The average Bonchev–Trinajstić information content (AvgIpc) is 2.84. The molecule has 0 unspecified atom stereocenters. The van der Waals surface area contributed by atoms with E-state index < -0.39 is 12.5 Å². The summed E-state index contributed by atoms with van der Waals surface area (Å²) in [4.78, 5) is 16.9. The molecule has 0 amide bonds. The first kappa shape index (κ1) is 29.4. The average molecular weight is 491 g/mol. The van der Waals surface area contributed by atoms with Crippen LogP contribution in [0.1, 0.15) is 43.4 Å². The summed E-state index contributed by atoms with van der Waals surface area (Å²) < 4.78 is 36.4. The number of aryl methyl sites for hydroxylation is 2. The molecular formula is C26H33F3N4O2. The molecule has 0 aliphatic rings. The Bertz CT molecular complexity index is 996. The van der Waals surface area contributed by atoms with Crippen LogP contribution < -0.4 is 15.8 Å². The Balaban J connectivity index is 0.000000319. The number of nitrogens with one attached hydrogen (secondary N) is 1. The van der Waals surface area contributed by atoms with Gasteiger partial charge in [0.25, 0.3) is 0 Å². The minimum atomic E-state index is -4.64. The first-order valence-electron chi connectivity index (χ1n) is 11.3. The van der Waals surface area contributed by atoms with Crippen molar-refractivity contribution >= 4 is 17.9 Å². The SMILES string of the molecule is CCCc1ccnc(N)c1.CCCc1ccnc(NCc2ccc(OC)cc2)c1.O=CC(F)(F)F. The molecule has 190 valence electrons. The number of carbonyl (C=O) groups excluding carboxylic acids is 1. The van der Waals surface area contributed by atoms with Gasteiger partial charge in [0.2, 0.25) is 6.29 Å². The number of aldehydes is 1. The van der Waals surface area contributed by atoms with Gasteiger partial charge in [-0.15, -0.1) is 0 Å². The molecule has 2 aromatic heterocycles. The summed E-state index contributed by atoms with van der Waals surface area (Å²) in [6, 6.07) is 16.2. The van der Waals surface area contributed by atoms with E-state index in [2.05, 4.69) is 53.4 Å². The number of rotatable bonds is 8. The number of carbonyl (C=O) groups is 1. The van der Waals surface area contributed by atoms with E-state index in [4.69, 9.17) is 15.3 Å². The number of benzene rings is 1. The smallest absolute Gasteiger partial charge is 0.446 e. The molecule has 9 heteroatoms. The van der Waals surface area contributed by atoms with Crippen LogP contribution in [0.2, 0.25) is 0 Å². The molecule has 3 N–H and O–H groups in total. The van der Waals surface area contributed by atoms with E-state index in [1.54, 1.807) is 13.3 Å². The fourth-order valence-electron chi connectivity index (χ4n) is 2.89. The molecule has 2 heterocycles. The molecule has 3 rings (SSSR count). The molecule has 6 nitrogen and oxygen atoms in total. The van der Waals surface area contributed by atoms with E-state index in [9.17, 15) is 13.2 Å². The zero-order valence-corrected chi connectivity index (χ0v) is 20.3. The van der Waals surface area contributed by atoms with E-state index in [1.165, 1.54) is 16.7 Å². The van der Waals surface area contributed by atoms with Gasteiger partial charge in [-0.1, -0.05) is 38.8 Å². The largest absolute Gasteiger partial charge is 0.497 e. The first-order chi connectivity index (χ1) is 16.7. The van der Waals surface area contributed by atoms with Gasteiger partial charge in [0, 0.05) is 18.9 Å². The molecule has 0 atom stereocenters. The number of nitrogens with zero attached hydrogens (tertiary/aromatic N) is 2.